The molecule has 1 aromatic carbocycles. The van der Waals surface area contributed by atoms with Gasteiger partial charge in [0.1, 0.15) is 6.04 Å². The third kappa shape index (κ3) is 2.89. The maximum atomic E-state index is 12.3. The van der Waals surface area contributed by atoms with Crippen molar-refractivity contribution < 1.29 is 9.53 Å². The number of carbonyl (C=O) groups excluding carboxylic acids is 1. The fraction of sp³-hybridized carbons (Fsp3) is 0.533. The molecule has 0 bridgehead atoms. The minimum atomic E-state index is -0.0993. The van der Waals surface area contributed by atoms with Crippen molar-refractivity contribution in [2.75, 3.05) is 18.5 Å². The van der Waals surface area contributed by atoms with Gasteiger partial charge in [-0.05, 0) is 37.3 Å². The topological polar surface area (TPSA) is 50.4 Å². The van der Waals surface area contributed by atoms with Crippen LogP contribution in [0.15, 0.2) is 24.3 Å². The van der Waals surface area contributed by atoms with Crippen molar-refractivity contribution >= 4 is 11.6 Å². The van der Waals surface area contributed by atoms with E-state index in [2.05, 4.69) is 16.7 Å². The Bertz CT molecular complexity index is 455. The summed E-state index contributed by atoms with van der Waals surface area (Å²) in [4.78, 5) is 12.3. The average molecular weight is 260 g/mol. The highest BCUT2D eigenvalue weighted by molar-refractivity contribution is 5.85. The molecule has 2 aliphatic heterocycles. The molecule has 2 heterocycles. The number of ether oxygens (including phenoxy) is 1. The molecule has 1 unspecified atom stereocenters. The highest BCUT2D eigenvalue weighted by atomic mass is 16.5. The zero-order chi connectivity index (χ0) is 13.1. The number of benzene rings is 1. The van der Waals surface area contributed by atoms with Crippen molar-refractivity contribution in [3.05, 3.63) is 29.8 Å². The number of aryl methyl sites for hydroxylation is 1. The molecule has 102 valence electrons. The number of anilines is 1. The molecular formula is C15H20N2O2. The van der Waals surface area contributed by atoms with Crippen molar-refractivity contribution in [1.29, 1.82) is 0 Å². The molecule has 1 saturated heterocycles. The normalized spacial score (nSPS) is 23.3. The summed E-state index contributed by atoms with van der Waals surface area (Å²) < 4.78 is 5.31. The van der Waals surface area contributed by atoms with Gasteiger partial charge >= 0.3 is 0 Å². The molecule has 4 nitrogen and oxygen atoms in total. The summed E-state index contributed by atoms with van der Waals surface area (Å²) in [5.74, 6) is 0.126. The monoisotopic (exact) mass is 260 g/mol. The van der Waals surface area contributed by atoms with E-state index in [4.69, 9.17) is 4.74 Å². The molecule has 1 atom stereocenters. The van der Waals surface area contributed by atoms with Crippen LogP contribution in [0.3, 0.4) is 0 Å². The van der Waals surface area contributed by atoms with Crippen molar-refractivity contribution in [3.8, 4) is 0 Å². The lowest BCUT2D eigenvalue weighted by molar-refractivity contribution is -0.123. The maximum Gasteiger partial charge on any atom is 0.242 e. The summed E-state index contributed by atoms with van der Waals surface area (Å²) in [7, 11) is 0. The van der Waals surface area contributed by atoms with E-state index in [1.165, 1.54) is 5.56 Å². The molecule has 0 radical (unpaired) electrons. The van der Waals surface area contributed by atoms with Gasteiger partial charge in [0.2, 0.25) is 5.91 Å². The van der Waals surface area contributed by atoms with Crippen LogP contribution in [-0.2, 0) is 16.0 Å². The Morgan fingerprint density at radius 3 is 2.84 bits per heavy atom. The first-order chi connectivity index (χ1) is 9.33. The lowest BCUT2D eigenvalue weighted by Crippen LogP contribution is -2.47. The first kappa shape index (κ1) is 12.5. The van der Waals surface area contributed by atoms with Gasteiger partial charge in [-0.3, -0.25) is 4.79 Å². The number of hydrogen-bond donors (Lipinski definition) is 2. The van der Waals surface area contributed by atoms with E-state index < -0.39 is 0 Å². The van der Waals surface area contributed by atoms with Gasteiger partial charge in [0.25, 0.3) is 0 Å². The molecular weight excluding hydrogens is 240 g/mol. The lowest BCUT2D eigenvalue weighted by Gasteiger charge is -2.29. The van der Waals surface area contributed by atoms with Crippen molar-refractivity contribution in [2.24, 2.45) is 0 Å². The van der Waals surface area contributed by atoms with Crippen LogP contribution in [0.25, 0.3) is 0 Å². The number of nitrogens with one attached hydrogen (secondary N) is 2. The summed E-state index contributed by atoms with van der Waals surface area (Å²) >= 11 is 0. The van der Waals surface area contributed by atoms with Crippen molar-refractivity contribution in [3.63, 3.8) is 0 Å². The minimum Gasteiger partial charge on any atom is -0.381 e. The molecule has 4 heteroatoms. The molecule has 0 spiro atoms. The first-order valence-corrected chi connectivity index (χ1v) is 7.05. The van der Waals surface area contributed by atoms with Crippen LogP contribution in [-0.4, -0.2) is 31.2 Å². The van der Waals surface area contributed by atoms with Crippen LogP contribution < -0.4 is 10.6 Å². The van der Waals surface area contributed by atoms with Crippen LogP contribution in [0.1, 0.15) is 24.8 Å². The van der Waals surface area contributed by atoms with E-state index in [0.717, 1.165) is 44.6 Å². The number of amides is 1. The van der Waals surface area contributed by atoms with Gasteiger partial charge in [0.15, 0.2) is 0 Å². The van der Waals surface area contributed by atoms with Gasteiger partial charge in [-0.25, -0.2) is 0 Å². The standard InChI is InChI=1S/C15H20N2O2/c18-15(16-12-7-9-19-10-8-12)14-6-5-11-3-1-2-4-13(11)17-14/h1-4,12,14,17H,5-10H2,(H,16,18). The summed E-state index contributed by atoms with van der Waals surface area (Å²) in [6.45, 7) is 1.51. The third-order valence-corrected chi connectivity index (χ3v) is 3.93. The highest BCUT2D eigenvalue weighted by Gasteiger charge is 2.25. The second-order valence-electron chi connectivity index (χ2n) is 5.29. The Hall–Kier alpha value is -1.55. The van der Waals surface area contributed by atoms with E-state index >= 15 is 0 Å². The summed E-state index contributed by atoms with van der Waals surface area (Å²) in [5.41, 5.74) is 2.40. The summed E-state index contributed by atoms with van der Waals surface area (Å²) in [6.07, 6.45) is 3.69. The fourth-order valence-electron chi connectivity index (χ4n) is 2.78. The minimum absolute atomic E-state index is 0.0993. The SMILES string of the molecule is O=C(NC1CCOCC1)C1CCc2ccccc2N1. The second-order valence-corrected chi connectivity index (χ2v) is 5.29. The zero-order valence-corrected chi connectivity index (χ0v) is 11.0. The quantitative estimate of drug-likeness (QED) is 0.851. The van der Waals surface area contributed by atoms with Crippen LogP contribution in [0, 0.1) is 0 Å². The van der Waals surface area contributed by atoms with Crippen LogP contribution in [0.4, 0.5) is 5.69 Å². The Balaban J connectivity index is 1.59. The number of fused-ring (bicyclic) bond motifs is 1. The molecule has 0 aromatic heterocycles. The third-order valence-electron chi connectivity index (χ3n) is 3.93. The number of carbonyl (C=O) groups is 1. The molecule has 0 aliphatic carbocycles. The molecule has 0 saturated carbocycles. The molecule has 1 fully saturated rings. The van der Waals surface area contributed by atoms with E-state index in [9.17, 15) is 4.79 Å². The zero-order valence-electron chi connectivity index (χ0n) is 11.0. The van der Waals surface area contributed by atoms with Gasteiger partial charge < -0.3 is 15.4 Å². The van der Waals surface area contributed by atoms with Crippen LogP contribution in [0.2, 0.25) is 0 Å². The Morgan fingerprint density at radius 1 is 1.21 bits per heavy atom. The van der Waals surface area contributed by atoms with E-state index in [0.29, 0.717) is 0 Å². The van der Waals surface area contributed by atoms with E-state index in [1.807, 2.05) is 18.2 Å². The van der Waals surface area contributed by atoms with E-state index in [-0.39, 0.29) is 18.0 Å². The Labute approximate surface area is 113 Å². The summed E-state index contributed by atoms with van der Waals surface area (Å²) in [5, 5.41) is 6.48. The van der Waals surface area contributed by atoms with Gasteiger partial charge in [0.05, 0.1) is 0 Å². The van der Waals surface area contributed by atoms with Gasteiger partial charge in [-0.1, -0.05) is 18.2 Å². The highest BCUT2D eigenvalue weighted by Crippen LogP contribution is 2.24. The molecule has 19 heavy (non-hydrogen) atoms. The van der Waals surface area contributed by atoms with Gasteiger partial charge in [-0.2, -0.15) is 0 Å². The van der Waals surface area contributed by atoms with Crippen LogP contribution in [0.5, 0.6) is 0 Å². The van der Waals surface area contributed by atoms with E-state index in [1.54, 1.807) is 0 Å². The van der Waals surface area contributed by atoms with Gasteiger partial charge in [0, 0.05) is 24.9 Å². The number of para-hydroxylation sites is 1. The maximum absolute atomic E-state index is 12.3. The summed E-state index contributed by atoms with van der Waals surface area (Å²) in [6, 6.07) is 8.39. The molecule has 1 amide bonds. The lowest BCUT2D eigenvalue weighted by atomic mass is 9.97. The Morgan fingerprint density at radius 2 is 2.00 bits per heavy atom. The number of rotatable bonds is 2. The largest absolute Gasteiger partial charge is 0.381 e. The number of hydrogen-bond acceptors (Lipinski definition) is 3. The molecule has 3 rings (SSSR count). The van der Waals surface area contributed by atoms with Gasteiger partial charge in [-0.15, -0.1) is 0 Å². The first-order valence-electron chi connectivity index (χ1n) is 7.05. The predicted molar refractivity (Wildman–Crippen MR) is 74.2 cm³/mol. The Kier molecular flexibility index (Phi) is 3.69. The average Bonchev–Trinajstić information content (AvgIpc) is 2.48. The predicted octanol–water partition coefficient (Wildman–Crippen LogP) is 1.71. The molecule has 2 N–H and O–H groups in total. The smallest absolute Gasteiger partial charge is 0.242 e. The molecule has 1 aromatic rings. The van der Waals surface area contributed by atoms with Crippen molar-refractivity contribution in [2.45, 2.75) is 37.8 Å². The fourth-order valence-corrected chi connectivity index (χ4v) is 2.78. The second kappa shape index (κ2) is 5.61. The van der Waals surface area contributed by atoms with Crippen molar-refractivity contribution in [1.82, 2.24) is 5.32 Å². The van der Waals surface area contributed by atoms with Crippen LogP contribution >= 0.6 is 0 Å². The molecule has 2 aliphatic rings.